The first kappa shape index (κ1) is 15.0. The molecule has 0 aliphatic rings. The molecule has 2 aromatic carbocycles. The summed E-state index contributed by atoms with van der Waals surface area (Å²) in [4.78, 5) is 15.9. The van der Waals surface area contributed by atoms with E-state index in [-0.39, 0.29) is 5.78 Å². The van der Waals surface area contributed by atoms with Crippen LogP contribution in [-0.4, -0.2) is 10.8 Å². The molecule has 0 saturated carbocycles. The molecule has 3 aromatic rings. The number of Topliss-reactive ketones (excluding diaryl/α,β-unsaturated/α-hetero) is 1. The van der Waals surface area contributed by atoms with Gasteiger partial charge in [0.25, 0.3) is 0 Å². The smallest absolute Gasteiger partial charge is 0.226 e. The highest BCUT2D eigenvalue weighted by Gasteiger charge is 2.12. The molecule has 4 nitrogen and oxygen atoms in total. The van der Waals surface area contributed by atoms with E-state index in [4.69, 9.17) is 9.15 Å². The van der Waals surface area contributed by atoms with E-state index in [0.717, 1.165) is 17.0 Å². The zero-order valence-corrected chi connectivity index (χ0v) is 13.1. The summed E-state index contributed by atoms with van der Waals surface area (Å²) in [7, 11) is 0. The Bertz CT molecular complexity index is 822. The van der Waals surface area contributed by atoms with E-state index in [0.29, 0.717) is 23.8 Å². The Morgan fingerprint density at radius 1 is 1.13 bits per heavy atom. The third kappa shape index (κ3) is 3.48. The highest BCUT2D eigenvalue weighted by atomic mass is 16.5. The maximum Gasteiger partial charge on any atom is 0.226 e. The van der Waals surface area contributed by atoms with Crippen LogP contribution in [0.3, 0.4) is 0 Å². The molecule has 0 spiro atoms. The van der Waals surface area contributed by atoms with Crippen molar-refractivity contribution in [2.45, 2.75) is 20.5 Å². The normalized spacial score (nSPS) is 10.5. The number of carbonyl (C=O) groups excluding carboxylic acids is 1. The zero-order valence-electron chi connectivity index (χ0n) is 13.1. The lowest BCUT2D eigenvalue weighted by molar-refractivity contribution is 0.101. The van der Waals surface area contributed by atoms with Crippen molar-refractivity contribution in [3.8, 4) is 17.2 Å². The van der Waals surface area contributed by atoms with Crippen molar-refractivity contribution in [3.63, 3.8) is 0 Å². The van der Waals surface area contributed by atoms with Gasteiger partial charge in [-0.05, 0) is 38.1 Å². The van der Waals surface area contributed by atoms with Crippen LogP contribution in [0, 0.1) is 6.92 Å². The third-order valence-corrected chi connectivity index (χ3v) is 3.53. The van der Waals surface area contributed by atoms with Gasteiger partial charge in [0.2, 0.25) is 5.89 Å². The minimum atomic E-state index is 0.0134. The van der Waals surface area contributed by atoms with Gasteiger partial charge >= 0.3 is 0 Å². The highest BCUT2D eigenvalue weighted by Crippen LogP contribution is 2.23. The molecule has 116 valence electrons. The number of aryl methyl sites for hydroxylation is 1. The third-order valence-electron chi connectivity index (χ3n) is 3.53. The van der Waals surface area contributed by atoms with Gasteiger partial charge in [0.15, 0.2) is 5.78 Å². The Kier molecular flexibility index (Phi) is 4.24. The van der Waals surface area contributed by atoms with Gasteiger partial charge in [-0.1, -0.05) is 30.3 Å². The molecule has 3 rings (SSSR count). The Hall–Kier alpha value is -2.88. The first-order valence-electron chi connectivity index (χ1n) is 7.39. The number of nitrogens with zero attached hydrogens (tertiary/aromatic N) is 1. The summed E-state index contributed by atoms with van der Waals surface area (Å²) in [5.74, 6) is 1.96. The number of benzene rings is 2. The predicted octanol–water partition coefficient (Wildman–Crippen LogP) is 4.43. The van der Waals surface area contributed by atoms with E-state index >= 15 is 0 Å². The van der Waals surface area contributed by atoms with Crippen molar-refractivity contribution < 1.29 is 13.9 Å². The fraction of sp³-hybridized carbons (Fsp3) is 0.158. The molecule has 0 bridgehead atoms. The molecule has 0 amide bonds. The molecular formula is C19H17NO3. The fourth-order valence-corrected chi connectivity index (χ4v) is 2.22. The number of rotatable bonds is 5. The fourth-order valence-electron chi connectivity index (χ4n) is 2.22. The molecule has 0 radical (unpaired) electrons. The molecule has 0 N–H and O–H groups in total. The second kappa shape index (κ2) is 6.48. The van der Waals surface area contributed by atoms with Crippen LogP contribution in [0.2, 0.25) is 0 Å². The maximum absolute atomic E-state index is 11.4. The molecule has 1 aromatic heterocycles. The topological polar surface area (TPSA) is 52.3 Å². The minimum absolute atomic E-state index is 0.0134. The van der Waals surface area contributed by atoms with E-state index in [1.807, 2.05) is 43.3 Å². The molecule has 1 heterocycles. The number of aromatic nitrogens is 1. The van der Waals surface area contributed by atoms with Crippen molar-refractivity contribution in [1.82, 2.24) is 4.98 Å². The molecule has 0 aliphatic heterocycles. The number of hydrogen-bond acceptors (Lipinski definition) is 4. The molecular weight excluding hydrogens is 290 g/mol. The standard InChI is InChI=1S/C19H17NO3/c1-13(21)16-9-6-10-17(11-16)22-12-18-14(2)23-19(20-18)15-7-4-3-5-8-15/h3-11H,12H2,1-2H3. The number of oxazole rings is 1. The van der Waals surface area contributed by atoms with Gasteiger partial charge in [0, 0.05) is 11.1 Å². The summed E-state index contributed by atoms with van der Waals surface area (Å²) in [6.45, 7) is 3.70. The largest absolute Gasteiger partial charge is 0.487 e. The Morgan fingerprint density at radius 3 is 2.65 bits per heavy atom. The van der Waals surface area contributed by atoms with Crippen molar-refractivity contribution in [3.05, 3.63) is 71.6 Å². The van der Waals surface area contributed by atoms with E-state index in [9.17, 15) is 4.79 Å². The van der Waals surface area contributed by atoms with Crippen molar-refractivity contribution in [2.75, 3.05) is 0 Å². The maximum atomic E-state index is 11.4. The molecule has 4 heteroatoms. The second-order valence-electron chi connectivity index (χ2n) is 5.26. The van der Waals surface area contributed by atoms with Crippen LogP contribution in [0.5, 0.6) is 5.75 Å². The van der Waals surface area contributed by atoms with Gasteiger partial charge < -0.3 is 9.15 Å². The van der Waals surface area contributed by atoms with Gasteiger partial charge in [0.05, 0.1) is 0 Å². The number of ether oxygens (including phenoxy) is 1. The second-order valence-corrected chi connectivity index (χ2v) is 5.26. The van der Waals surface area contributed by atoms with Crippen LogP contribution in [0.1, 0.15) is 28.7 Å². The predicted molar refractivity (Wildman–Crippen MR) is 87.5 cm³/mol. The van der Waals surface area contributed by atoms with E-state index in [2.05, 4.69) is 4.98 Å². The SMILES string of the molecule is CC(=O)c1cccc(OCc2nc(-c3ccccc3)oc2C)c1. The Morgan fingerprint density at radius 2 is 1.91 bits per heavy atom. The van der Waals surface area contributed by atoms with Crippen LogP contribution in [0.25, 0.3) is 11.5 Å². The summed E-state index contributed by atoms with van der Waals surface area (Å²) < 4.78 is 11.4. The lowest BCUT2D eigenvalue weighted by atomic mass is 10.1. The summed E-state index contributed by atoms with van der Waals surface area (Å²) in [6, 6.07) is 16.9. The Balaban J connectivity index is 1.75. The average molecular weight is 307 g/mol. The summed E-state index contributed by atoms with van der Waals surface area (Å²) in [5.41, 5.74) is 2.31. The van der Waals surface area contributed by atoms with Crippen LogP contribution in [0.4, 0.5) is 0 Å². The van der Waals surface area contributed by atoms with E-state index in [1.165, 1.54) is 6.92 Å². The van der Waals surface area contributed by atoms with E-state index in [1.54, 1.807) is 18.2 Å². The summed E-state index contributed by atoms with van der Waals surface area (Å²) in [5, 5.41) is 0. The van der Waals surface area contributed by atoms with Gasteiger partial charge in [-0.2, -0.15) is 0 Å². The summed E-state index contributed by atoms with van der Waals surface area (Å²) >= 11 is 0. The summed E-state index contributed by atoms with van der Waals surface area (Å²) in [6.07, 6.45) is 0. The van der Waals surface area contributed by atoms with Crippen LogP contribution in [0.15, 0.2) is 59.0 Å². The Labute approximate surface area is 134 Å². The van der Waals surface area contributed by atoms with Crippen LogP contribution in [-0.2, 0) is 6.61 Å². The molecule has 23 heavy (non-hydrogen) atoms. The van der Waals surface area contributed by atoms with Gasteiger partial charge in [0.1, 0.15) is 23.8 Å². The van der Waals surface area contributed by atoms with Crippen molar-refractivity contribution in [2.24, 2.45) is 0 Å². The monoisotopic (exact) mass is 307 g/mol. The highest BCUT2D eigenvalue weighted by molar-refractivity contribution is 5.94. The van der Waals surface area contributed by atoms with Gasteiger partial charge in [-0.3, -0.25) is 4.79 Å². The molecule has 0 atom stereocenters. The molecule has 0 unspecified atom stereocenters. The number of hydrogen-bond donors (Lipinski definition) is 0. The van der Waals surface area contributed by atoms with E-state index < -0.39 is 0 Å². The quantitative estimate of drug-likeness (QED) is 0.654. The zero-order chi connectivity index (χ0) is 16.2. The molecule has 0 saturated heterocycles. The van der Waals surface area contributed by atoms with Crippen LogP contribution < -0.4 is 4.74 Å². The first-order chi connectivity index (χ1) is 11.1. The van der Waals surface area contributed by atoms with Crippen molar-refractivity contribution >= 4 is 5.78 Å². The minimum Gasteiger partial charge on any atom is -0.487 e. The number of ketones is 1. The first-order valence-corrected chi connectivity index (χ1v) is 7.39. The average Bonchev–Trinajstić information content (AvgIpc) is 2.95. The lowest BCUT2D eigenvalue weighted by Crippen LogP contribution is -1.99. The van der Waals surface area contributed by atoms with Crippen LogP contribution >= 0.6 is 0 Å². The van der Waals surface area contributed by atoms with Gasteiger partial charge in [-0.15, -0.1) is 0 Å². The number of carbonyl (C=O) groups is 1. The molecule has 0 fully saturated rings. The lowest BCUT2D eigenvalue weighted by Gasteiger charge is -2.05. The van der Waals surface area contributed by atoms with Crippen molar-refractivity contribution in [1.29, 1.82) is 0 Å². The molecule has 0 aliphatic carbocycles. The van der Waals surface area contributed by atoms with Gasteiger partial charge in [-0.25, -0.2) is 4.98 Å².